The number of hydrogen-bond donors (Lipinski definition) is 2. The first kappa shape index (κ1) is 13.5. The molecular formula is C17H20N4O. The Balaban J connectivity index is 1.26. The fourth-order valence-corrected chi connectivity index (χ4v) is 3.71. The third-order valence-electron chi connectivity index (χ3n) is 4.87. The van der Waals surface area contributed by atoms with Crippen LogP contribution in [0.3, 0.4) is 0 Å². The summed E-state index contributed by atoms with van der Waals surface area (Å²) in [6.45, 7) is 0.812. The highest BCUT2D eigenvalue weighted by Crippen LogP contribution is 2.42. The van der Waals surface area contributed by atoms with Gasteiger partial charge in [0.1, 0.15) is 5.82 Å². The molecule has 3 atom stereocenters. The zero-order valence-corrected chi connectivity index (χ0v) is 12.5. The summed E-state index contributed by atoms with van der Waals surface area (Å²) in [5.74, 6) is 3.02. The molecule has 2 aromatic heterocycles. The summed E-state index contributed by atoms with van der Waals surface area (Å²) in [5.41, 5.74) is 1.64. The van der Waals surface area contributed by atoms with Gasteiger partial charge in [0.25, 0.3) is 0 Å². The largest absolute Gasteiger partial charge is 0.356 e. The number of imidazole rings is 1. The number of H-pyrrole nitrogens is 1. The number of amides is 1. The van der Waals surface area contributed by atoms with E-state index in [1.165, 1.54) is 12.8 Å². The Labute approximate surface area is 129 Å². The Morgan fingerprint density at radius 1 is 1.36 bits per heavy atom. The molecule has 2 aliphatic rings. The van der Waals surface area contributed by atoms with E-state index in [4.69, 9.17) is 0 Å². The predicted molar refractivity (Wildman–Crippen MR) is 84.1 cm³/mol. The van der Waals surface area contributed by atoms with Crippen LogP contribution >= 0.6 is 0 Å². The van der Waals surface area contributed by atoms with E-state index in [1.807, 2.05) is 12.1 Å². The highest BCUT2D eigenvalue weighted by Gasteiger charge is 2.35. The van der Waals surface area contributed by atoms with Crippen LogP contribution in [0.4, 0.5) is 0 Å². The van der Waals surface area contributed by atoms with Gasteiger partial charge in [-0.05, 0) is 42.7 Å². The van der Waals surface area contributed by atoms with Crippen LogP contribution in [0.5, 0.6) is 0 Å². The zero-order valence-electron chi connectivity index (χ0n) is 12.5. The van der Waals surface area contributed by atoms with Crippen molar-refractivity contribution < 1.29 is 4.79 Å². The molecule has 1 fully saturated rings. The molecule has 4 rings (SSSR count). The van der Waals surface area contributed by atoms with E-state index < -0.39 is 0 Å². The minimum Gasteiger partial charge on any atom is -0.356 e. The van der Waals surface area contributed by atoms with Gasteiger partial charge in [0.2, 0.25) is 5.91 Å². The van der Waals surface area contributed by atoms with Crippen molar-refractivity contribution in [1.29, 1.82) is 0 Å². The summed E-state index contributed by atoms with van der Waals surface area (Å²) >= 11 is 0. The van der Waals surface area contributed by atoms with E-state index in [-0.39, 0.29) is 5.91 Å². The van der Waals surface area contributed by atoms with Gasteiger partial charge in [0, 0.05) is 25.6 Å². The predicted octanol–water partition coefficient (Wildman–Crippen LogP) is 2.22. The van der Waals surface area contributed by atoms with Crippen molar-refractivity contribution in [1.82, 2.24) is 20.3 Å². The van der Waals surface area contributed by atoms with Crippen LogP contribution in [0.15, 0.2) is 30.5 Å². The fraction of sp³-hybridized carbons (Fsp3) is 0.471. The molecule has 2 heterocycles. The summed E-state index contributed by atoms with van der Waals surface area (Å²) in [5, 5.41) is 3.08. The van der Waals surface area contributed by atoms with Gasteiger partial charge in [-0.15, -0.1) is 0 Å². The van der Waals surface area contributed by atoms with E-state index >= 15 is 0 Å². The van der Waals surface area contributed by atoms with Gasteiger partial charge in [-0.3, -0.25) is 4.79 Å². The van der Waals surface area contributed by atoms with Crippen molar-refractivity contribution in [2.75, 3.05) is 6.54 Å². The van der Waals surface area contributed by atoms with Crippen LogP contribution in [-0.4, -0.2) is 27.4 Å². The van der Waals surface area contributed by atoms with E-state index in [2.05, 4.69) is 32.4 Å². The summed E-state index contributed by atoms with van der Waals surface area (Å²) in [4.78, 5) is 23.8. The molecule has 0 saturated heterocycles. The molecule has 5 nitrogen and oxygen atoms in total. The first-order valence-corrected chi connectivity index (χ1v) is 8.02. The van der Waals surface area contributed by atoms with Crippen molar-refractivity contribution in [3.63, 3.8) is 0 Å². The number of hydrogen-bond acceptors (Lipinski definition) is 3. The average molecular weight is 296 g/mol. The maximum Gasteiger partial charge on any atom is 0.220 e. The highest BCUT2D eigenvalue weighted by molar-refractivity contribution is 5.76. The number of aromatic amines is 1. The lowest BCUT2D eigenvalue weighted by Gasteiger charge is -2.18. The number of rotatable bonds is 5. The number of pyridine rings is 1. The minimum atomic E-state index is 0.111. The van der Waals surface area contributed by atoms with Gasteiger partial charge in [-0.1, -0.05) is 12.2 Å². The number of carbonyl (C=O) groups excluding carboxylic acids is 1. The first-order valence-electron chi connectivity index (χ1n) is 8.02. The summed E-state index contributed by atoms with van der Waals surface area (Å²) in [7, 11) is 0. The summed E-state index contributed by atoms with van der Waals surface area (Å²) in [6.07, 6.45) is 9.99. The Hall–Kier alpha value is -2.17. The van der Waals surface area contributed by atoms with Crippen molar-refractivity contribution in [3.05, 3.63) is 36.3 Å². The number of nitrogens with zero attached hydrogens (tertiary/aromatic N) is 2. The number of fused-ring (bicyclic) bond motifs is 3. The van der Waals surface area contributed by atoms with Crippen LogP contribution in [0, 0.1) is 17.8 Å². The molecule has 0 spiro atoms. The normalized spacial score (nSPS) is 25.9. The molecular weight excluding hydrogens is 276 g/mol. The molecule has 5 heteroatoms. The van der Waals surface area contributed by atoms with Crippen LogP contribution in [0.1, 0.15) is 25.1 Å². The van der Waals surface area contributed by atoms with Crippen molar-refractivity contribution >= 4 is 17.1 Å². The van der Waals surface area contributed by atoms with E-state index in [0.717, 1.165) is 23.8 Å². The maximum atomic E-state index is 12.0. The lowest BCUT2D eigenvalue weighted by Crippen LogP contribution is -2.31. The second kappa shape index (κ2) is 5.55. The third kappa shape index (κ3) is 2.63. The lowest BCUT2D eigenvalue weighted by molar-refractivity contribution is -0.121. The monoisotopic (exact) mass is 296 g/mol. The van der Waals surface area contributed by atoms with Gasteiger partial charge in [0.15, 0.2) is 5.65 Å². The molecule has 2 aromatic rings. The van der Waals surface area contributed by atoms with Crippen molar-refractivity contribution in [3.8, 4) is 0 Å². The third-order valence-corrected chi connectivity index (χ3v) is 4.87. The van der Waals surface area contributed by atoms with E-state index in [0.29, 0.717) is 30.3 Å². The lowest BCUT2D eigenvalue weighted by atomic mass is 9.93. The molecule has 0 aliphatic heterocycles. The standard InChI is InChI=1S/C17H20N4O/c22-16(19-10-13-9-11-3-4-12(13)8-11)6-5-15-20-14-2-1-7-18-17(14)21-15/h1-4,7,11-13H,5-6,8-10H2,(H,19,22)(H,18,20,21)/t11-,12-,13-/m0/s1. The van der Waals surface area contributed by atoms with Crippen LogP contribution in [0.25, 0.3) is 11.2 Å². The highest BCUT2D eigenvalue weighted by atomic mass is 16.1. The molecule has 0 unspecified atom stereocenters. The molecule has 1 saturated carbocycles. The molecule has 1 amide bonds. The van der Waals surface area contributed by atoms with E-state index in [1.54, 1.807) is 6.20 Å². The summed E-state index contributed by atoms with van der Waals surface area (Å²) in [6, 6.07) is 3.82. The van der Waals surface area contributed by atoms with Crippen molar-refractivity contribution in [2.45, 2.75) is 25.7 Å². The molecule has 2 bridgehead atoms. The molecule has 22 heavy (non-hydrogen) atoms. The SMILES string of the molecule is O=C(CCc1nc2ncccc2[nH]1)NC[C@@H]1C[C@H]2C=C[C@H]1C2. The minimum absolute atomic E-state index is 0.111. The van der Waals surface area contributed by atoms with Gasteiger partial charge in [-0.2, -0.15) is 0 Å². The Bertz CT molecular complexity index is 687. The molecule has 0 aromatic carbocycles. The van der Waals surface area contributed by atoms with E-state index in [9.17, 15) is 4.79 Å². The quantitative estimate of drug-likeness (QED) is 0.831. The number of nitrogens with one attached hydrogen (secondary N) is 2. The number of aryl methyl sites for hydroxylation is 1. The van der Waals surface area contributed by atoms with Crippen molar-refractivity contribution in [2.24, 2.45) is 17.8 Å². The molecule has 2 N–H and O–H groups in total. The number of allylic oxidation sites excluding steroid dienone is 2. The molecule has 114 valence electrons. The number of carbonyl (C=O) groups is 1. The van der Waals surface area contributed by atoms with Gasteiger partial charge in [0.05, 0.1) is 5.52 Å². The topological polar surface area (TPSA) is 70.7 Å². The number of aromatic nitrogens is 3. The maximum absolute atomic E-state index is 12.0. The molecule has 2 aliphatic carbocycles. The Kier molecular flexibility index (Phi) is 3.41. The molecule has 0 radical (unpaired) electrons. The first-order chi connectivity index (χ1) is 10.8. The van der Waals surface area contributed by atoms with Gasteiger partial charge < -0.3 is 10.3 Å². The van der Waals surface area contributed by atoms with Crippen LogP contribution in [-0.2, 0) is 11.2 Å². The Morgan fingerprint density at radius 3 is 3.09 bits per heavy atom. The van der Waals surface area contributed by atoms with Crippen LogP contribution < -0.4 is 5.32 Å². The van der Waals surface area contributed by atoms with Gasteiger partial charge >= 0.3 is 0 Å². The smallest absolute Gasteiger partial charge is 0.220 e. The van der Waals surface area contributed by atoms with Gasteiger partial charge in [-0.25, -0.2) is 9.97 Å². The summed E-state index contributed by atoms with van der Waals surface area (Å²) < 4.78 is 0. The average Bonchev–Trinajstić information content (AvgIpc) is 3.24. The Morgan fingerprint density at radius 2 is 2.32 bits per heavy atom. The fourth-order valence-electron chi connectivity index (χ4n) is 3.71. The second-order valence-electron chi connectivity index (χ2n) is 6.40. The van der Waals surface area contributed by atoms with Crippen LogP contribution in [0.2, 0.25) is 0 Å². The zero-order chi connectivity index (χ0) is 14.9. The second-order valence-corrected chi connectivity index (χ2v) is 6.40.